The van der Waals surface area contributed by atoms with Crippen molar-refractivity contribution in [3.8, 4) is 0 Å². The van der Waals surface area contributed by atoms with Crippen LogP contribution in [0.15, 0.2) is 21.8 Å². The van der Waals surface area contributed by atoms with E-state index in [9.17, 15) is 9.59 Å². The van der Waals surface area contributed by atoms with Gasteiger partial charge in [0.15, 0.2) is 10.1 Å². The zero-order valence-corrected chi connectivity index (χ0v) is 14.8. The number of thiazole rings is 2. The lowest BCUT2D eigenvalue weighted by atomic mass is 9.93. The Morgan fingerprint density at radius 3 is 2.65 bits per heavy atom. The molecule has 3 aromatic rings. The molecule has 0 atom stereocenters. The number of fused-ring (bicyclic) bond motifs is 1. The summed E-state index contributed by atoms with van der Waals surface area (Å²) < 4.78 is 1.45. The average Bonchev–Trinajstić information content (AvgIpc) is 3.06. The summed E-state index contributed by atoms with van der Waals surface area (Å²) in [5, 5.41) is 6.91. The highest BCUT2D eigenvalue weighted by Gasteiger charge is 2.20. The van der Waals surface area contributed by atoms with Gasteiger partial charge in [-0.2, -0.15) is 0 Å². The fraction of sp³-hybridized carbons (Fsp3) is 0.333. The van der Waals surface area contributed by atoms with E-state index >= 15 is 0 Å². The summed E-state index contributed by atoms with van der Waals surface area (Å²) in [6.45, 7) is 7.97. The summed E-state index contributed by atoms with van der Waals surface area (Å²) in [5.41, 5.74) is 1.22. The molecule has 8 heteroatoms. The van der Waals surface area contributed by atoms with Crippen molar-refractivity contribution in [3.05, 3.63) is 44.3 Å². The van der Waals surface area contributed by atoms with Crippen LogP contribution in [0, 0.1) is 6.92 Å². The molecule has 3 heterocycles. The molecule has 1 N–H and O–H groups in total. The second-order valence-electron chi connectivity index (χ2n) is 6.21. The highest BCUT2D eigenvalue weighted by molar-refractivity contribution is 7.15. The zero-order chi connectivity index (χ0) is 16.8. The monoisotopic (exact) mass is 348 g/mol. The molecule has 0 radical (unpaired) electrons. The number of carbonyl (C=O) groups excluding carboxylic acids is 1. The average molecular weight is 348 g/mol. The largest absolute Gasteiger partial charge is 0.298 e. The van der Waals surface area contributed by atoms with Crippen LogP contribution in [0.25, 0.3) is 4.96 Å². The van der Waals surface area contributed by atoms with E-state index in [1.165, 1.54) is 33.3 Å². The molecule has 23 heavy (non-hydrogen) atoms. The molecule has 0 aliphatic carbocycles. The second kappa shape index (κ2) is 5.54. The van der Waals surface area contributed by atoms with Gasteiger partial charge in [0.2, 0.25) is 0 Å². The summed E-state index contributed by atoms with van der Waals surface area (Å²) in [5.74, 6) is -0.489. The molecule has 120 valence electrons. The fourth-order valence-corrected chi connectivity index (χ4v) is 3.78. The first-order valence-electron chi connectivity index (χ1n) is 7.00. The first-order valence-corrected chi connectivity index (χ1v) is 8.76. The standard InChI is InChI=1S/C15H16N4O2S2/c1-8-6-23-14-16-5-9(12(21)19(8)14)11(20)18-13-17-10(7-22-13)15(2,3)4/h5-7H,1-4H3,(H,17,18,20). The molecule has 6 nitrogen and oxygen atoms in total. The third-order valence-corrected chi connectivity index (χ3v) is 5.07. The van der Waals surface area contributed by atoms with Crippen LogP contribution in [-0.2, 0) is 5.41 Å². The van der Waals surface area contributed by atoms with E-state index in [0.717, 1.165) is 11.4 Å². The maximum Gasteiger partial charge on any atom is 0.271 e. The number of nitrogens with zero attached hydrogens (tertiary/aromatic N) is 3. The van der Waals surface area contributed by atoms with Crippen molar-refractivity contribution in [2.24, 2.45) is 0 Å². The lowest BCUT2D eigenvalue weighted by Crippen LogP contribution is -2.26. The van der Waals surface area contributed by atoms with Crippen LogP contribution in [-0.4, -0.2) is 20.3 Å². The quantitative estimate of drug-likeness (QED) is 0.772. The highest BCUT2D eigenvalue weighted by atomic mass is 32.1. The van der Waals surface area contributed by atoms with Crippen molar-refractivity contribution >= 4 is 38.7 Å². The molecule has 0 fully saturated rings. The van der Waals surface area contributed by atoms with Gasteiger partial charge in [0, 0.05) is 28.1 Å². The molecule has 0 saturated heterocycles. The van der Waals surface area contributed by atoms with E-state index in [1.807, 2.05) is 17.7 Å². The Morgan fingerprint density at radius 2 is 2.00 bits per heavy atom. The number of amides is 1. The van der Waals surface area contributed by atoms with Crippen molar-refractivity contribution in [2.45, 2.75) is 33.1 Å². The van der Waals surface area contributed by atoms with Gasteiger partial charge >= 0.3 is 0 Å². The SMILES string of the molecule is Cc1csc2ncc(C(=O)Nc3nc(C(C)(C)C)cs3)c(=O)n12. The Morgan fingerprint density at radius 1 is 1.26 bits per heavy atom. The Kier molecular flexibility index (Phi) is 3.81. The van der Waals surface area contributed by atoms with E-state index < -0.39 is 5.91 Å². The molecule has 3 rings (SSSR count). The number of anilines is 1. The number of rotatable bonds is 2. The molecular weight excluding hydrogens is 332 g/mol. The van der Waals surface area contributed by atoms with Gasteiger partial charge in [0.25, 0.3) is 11.5 Å². The van der Waals surface area contributed by atoms with Crippen LogP contribution in [0.3, 0.4) is 0 Å². The van der Waals surface area contributed by atoms with Crippen molar-refractivity contribution in [3.63, 3.8) is 0 Å². The summed E-state index contributed by atoms with van der Waals surface area (Å²) >= 11 is 2.71. The van der Waals surface area contributed by atoms with Gasteiger partial charge in [-0.05, 0) is 6.92 Å². The number of hydrogen-bond acceptors (Lipinski definition) is 6. The normalized spacial score (nSPS) is 11.8. The Balaban J connectivity index is 1.92. The van der Waals surface area contributed by atoms with Gasteiger partial charge in [-0.3, -0.25) is 19.3 Å². The van der Waals surface area contributed by atoms with Crippen molar-refractivity contribution in [1.29, 1.82) is 0 Å². The van der Waals surface area contributed by atoms with Crippen LogP contribution >= 0.6 is 22.7 Å². The first kappa shape index (κ1) is 15.8. The minimum Gasteiger partial charge on any atom is -0.298 e. The first-order chi connectivity index (χ1) is 10.8. The maximum atomic E-state index is 12.5. The number of carbonyl (C=O) groups is 1. The second-order valence-corrected chi connectivity index (χ2v) is 7.91. The summed E-state index contributed by atoms with van der Waals surface area (Å²) in [6.07, 6.45) is 1.32. The zero-order valence-electron chi connectivity index (χ0n) is 13.2. The van der Waals surface area contributed by atoms with E-state index in [4.69, 9.17) is 0 Å². The number of nitrogens with one attached hydrogen (secondary N) is 1. The van der Waals surface area contributed by atoms with Crippen LogP contribution < -0.4 is 10.9 Å². The molecule has 0 aliphatic rings. The van der Waals surface area contributed by atoms with E-state index in [0.29, 0.717) is 10.1 Å². The van der Waals surface area contributed by atoms with Crippen molar-refractivity contribution in [2.75, 3.05) is 5.32 Å². The van der Waals surface area contributed by atoms with Crippen LogP contribution in [0.5, 0.6) is 0 Å². The molecule has 0 aliphatic heterocycles. The lowest BCUT2D eigenvalue weighted by molar-refractivity contribution is 0.102. The predicted molar refractivity (Wildman–Crippen MR) is 92.8 cm³/mol. The molecule has 0 aromatic carbocycles. The molecule has 0 bridgehead atoms. The van der Waals surface area contributed by atoms with E-state index in [2.05, 4.69) is 36.1 Å². The van der Waals surface area contributed by atoms with Crippen LogP contribution in [0.4, 0.5) is 5.13 Å². The fourth-order valence-electron chi connectivity index (χ4n) is 2.02. The molecule has 0 unspecified atom stereocenters. The van der Waals surface area contributed by atoms with Gasteiger partial charge in [0.1, 0.15) is 5.56 Å². The van der Waals surface area contributed by atoms with E-state index in [1.54, 1.807) is 0 Å². The maximum absolute atomic E-state index is 12.5. The predicted octanol–water partition coefficient (Wildman–Crippen LogP) is 3.07. The van der Waals surface area contributed by atoms with Gasteiger partial charge in [-0.25, -0.2) is 9.97 Å². The minimum atomic E-state index is -0.489. The molecule has 0 spiro atoms. The molecule has 1 amide bonds. The number of aromatic nitrogens is 3. The Labute approximate surface area is 140 Å². The van der Waals surface area contributed by atoms with Crippen LogP contribution in [0.1, 0.15) is 42.5 Å². The summed E-state index contributed by atoms with van der Waals surface area (Å²) in [4.78, 5) is 34.0. The highest BCUT2D eigenvalue weighted by Crippen LogP contribution is 2.26. The van der Waals surface area contributed by atoms with Gasteiger partial charge in [-0.15, -0.1) is 22.7 Å². The third-order valence-electron chi connectivity index (χ3n) is 3.35. The molecular formula is C15H16N4O2S2. The number of aryl methyl sites for hydroxylation is 1. The Hall–Kier alpha value is -2.06. The lowest BCUT2D eigenvalue weighted by Gasteiger charge is -2.14. The van der Waals surface area contributed by atoms with Gasteiger partial charge in [-0.1, -0.05) is 20.8 Å². The summed E-state index contributed by atoms with van der Waals surface area (Å²) in [6, 6.07) is 0. The minimum absolute atomic E-state index is 0.0107. The van der Waals surface area contributed by atoms with E-state index in [-0.39, 0.29) is 16.5 Å². The van der Waals surface area contributed by atoms with Gasteiger partial charge < -0.3 is 0 Å². The van der Waals surface area contributed by atoms with Crippen molar-refractivity contribution < 1.29 is 4.79 Å². The molecule has 3 aromatic heterocycles. The third kappa shape index (κ3) is 2.91. The number of hydrogen-bond donors (Lipinski definition) is 1. The van der Waals surface area contributed by atoms with Gasteiger partial charge in [0.05, 0.1) is 5.69 Å². The Bertz CT molecular complexity index is 946. The summed E-state index contributed by atoms with van der Waals surface area (Å²) in [7, 11) is 0. The van der Waals surface area contributed by atoms with Crippen molar-refractivity contribution in [1.82, 2.24) is 14.4 Å². The van der Waals surface area contributed by atoms with Crippen LogP contribution in [0.2, 0.25) is 0 Å². The smallest absolute Gasteiger partial charge is 0.271 e. The topological polar surface area (TPSA) is 76.4 Å². The molecule has 0 saturated carbocycles.